The van der Waals surface area contributed by atoms with Gasteiger partial charge in [-0.05, 0) is 48.4 Å². The predicted molar refractivity (Wildman–Crippen MR) is 96.1 cm³/mol. The molecular formula is C22H24Hf. The standard InChI is InChI=1S/C22H24.Hf/c1-15(2)16(3)13-21-17(4)14-22-19(11-8-12-20(21)22)18-9-6-5-7-10-18;/h5-13,17,21H,1,14H2,2-4H3;. The van der Waals surface area contributed by atoms with Gasteiger partial charge in [-0.1, -0.05) is 79.3 Å². The maximum Gasteiger partial charge on any atom is 0.00555 e. The molecule has 3 rings (SSSR count). The van der Waals surface area contributed by atoms with Crippen LogP contribution in [-0.2, 0) is 32.3 Å². The van der Waals surface area contributed by atoms with Crippen molar-refractivity contribution in [3.05, 3.63) is 83.5 Å². The van der Waals surface area contributed by atoms with Crippen molar-refractivity contribution in [1.82, 2.24) is 0 Å². The van der Waals surface area contributed by atoms with Gasteiger partial charge in [0.1, 0.15) is 0 Å². The van der Waals surface area contributed by atoms with Crippen molar-refractivity contribution < 1.29 is 25.8 Å². The monoisotopic (exact) mass is 468 g/mol. The summed E-state index contributed by atoms with van der Waals surface area (Å²) in [6, 6.07) is 17.5. The fourth-order valence-corrected chi connectivity index (χ4v) is 3.45. The molecular weight excluding hydrogens is 443 g/mol. The molecule has 0 heterocycles. The summed E-state index contributed by atoms with van der Waals surface area (Å²) >= 11 is 0. The van der Waals surface area contributed by atoms with Crippen LogP contribution in [0.25, 0.3) is 11.1 Å². The minimum atomic E-state index is 0. The van der Waals surface area contributed by atoms with Crippen molar-refractivity contribution in [3.8, 4) is 11.1 Å². The number of allylic oxidation sites excluding steroid dienone is 3. The van der Waals surface area contributed by atoms with E-state index in [1.54, 1.807) is 0 Å². The summed E-state index contributed by atoms with van der Waals surface area (Å²) in [6.45, 7) is 10.7. The Morgan fingerprint density at radius 1 is 1.04 bits per heavy atom. The van der Waals surface area contributed by atoms with E-state index in [2.05, 4.69) is 82.0 Å². The molecule has 1 aliphatic rings. The van der Waals surface area contributed by atoms with Gasteiger partial charge in [-0.15, -0.1) is 0 Å². The Labute approximate surface area is 159 Å². The molecule has 0 spiro atoms. The zero-order valence-corrected chi connectivity index (χ0v) is 17.9. The van der Waals surface area contributed by atoms with E-state index >= 15 is 0 Å². The third-order valence-electron chi connectivity index (χ3n) is 4.90. The molecule has 2 aromatic carbocycles. The second-order valence-electron chi connectivity index (χ2n) is 6.58. The molecule has 2 aromatic rings. The van der Waals surface area contributed by atoms with Gasteiger partial charge >= 0.3 is 0 Å². The van der Waals surface area contributed by atoms with Gasteiger partial charge in [0.2, 0.25) is 0 Å². The first-order chi connectivity index (χ1) is 10.6. The average Bonchev–Trinajstić information content (AvgIpc) is 2.84. The molecule has 0 aromatic heterocycles. The van der Waals surface area contributed by atoms with Crippen LogP contribution in [-0.4, -0.2) is 0 Å². The third kappa shape index (κ3) is 3.66. The molecule has 0 nitrogen and oxygen atoms in total. The molecule has 0 amide bonds. The maximum absolute atomic E-state index is 4.07. The first-order valence-corrected chi connectivity index (χ1v) is 8.09. The van der Waals surface area contributed by atoms with Gasteiger partial charge in [0.25, 0.3) is 0 Å². The number of hydrogen-bond acceptors (Lipinski definition) is 0. The van der Waals surface area contributed by atoms with Crippen LogP contribution in [0.5, 0.6) is 0 Å². The minimum Gasteiger partial charge on any atom is -0.0959 e. The van der Waals surface area contributed by atoms with Crippen LogP contribution in [0.3, 0.4) is 0 Å². The zero-order chi connectivity index (χ0) is 15.7. The molecule has 0 fully saturated rings. The summed E-state index contributed by atoms with van der Waals surface area (Å²) in [5.74, 6) is 1.16. The minimum absolute atomic E-state index is 0. The Morgan fingerprint density at radius 2 is 1.74 bits per heavy atom. The Morgan fingerprint density at radius 3 is 2.39 bits per heavy atom. The normalized spacial score (nSPS) is 19.9. The molecule has 116 valence electrons. The van der Waals surface area contributed by atoms with Gasteiger partial charge < -0.3 is 0 Å². The number of fused-ring (bicyclic) bond motifs is 1. The molecule has 2 unspecified atom stereocenters. The fourth-order valence-electron chi connectivity index (χ4n) is 3.45. The zero-order valence-electron chi connectivity index (χ0n) is 14.3. The fraction of sp³-hybridized carbons (Fsp3) is 0.273. The summed E-state index contributed by atoms with van der Waals surface area (Å²) in [5.41, 5.74) is 8.22. The number of hydrogen-bond donors (Lipinski definition) is 0. The van der Waals surface area contributed by atoms with E-state index in [9.17, 15) is 0 Å². The van der Waals surface area contributed by atoms with Gasteiger partial charge in [0.05, 0.1) is 0 Å². The quantitative estimate of drug-likeness (QED) is 0.376. The molecule has 0 aliphatic heterocycles. The van der Waals surface area contributed by atoms with Gasteiger partial charge in [-0.3, -0.25) is 0 Å². The Kier molecular flexibility index (Phi) is 5.97. The smallest absolute Gasteiger partial charge is 0.00555 e. The first kappa shape index (κ1) is 18.1. The van der Waals surface area contributed by atoms with Crippen molar-refractivity contribution in [2.24, 2.45) is 5.92 Å². The SMILES string of the molecule is C=C(C)C(C)=CC1c2cccc(-c3ccccc3)c2CC1C.[Hf]. The molecule has 0 saturated carbocycles. The van der Waals surface area contributed by atoms with Gasteiger partial charge in [-0.25, -0.2) is 0 Å². The van der Waals surface area contributed by atoms with E-state index in [1.165, 1.54) is 33.4 Å². The second kappa shape index (κ2) is 7.57. The summed E-state index contributed by atoms with van der Waals surface area (Å²) in [6.07, 6.45) is 3.57. The van der Waals surface area contributed by atoms with Gasteiger partial charge in [-0.2, -0.15) is 0 Å². The van der Waals surface area contributed by atoms with E-state index in [0.717, 1.165) is 6.42 Å². The van der Waals surface area contributed by atoms with Crippen molar-refractivity contribution >= 4 is 0 Å². The number of benzene rings is 2. The van der Waals surface area contributed by atoms with Crippen molar-refractivity contribution in [1.29, 1.82) is 0 Å². The van der Waals surface area contributed by atoms with Crippen LogP contribution in [0.15, 0.2) is 72.3 Å². The van der Waals surface area contributed by atoms with Crippen molar-refractivity contribution in [3.63, 3.8) is 0 Å². The van der Waals surface area contributed by atoms with Crippen LogP contribution < -0.4 is 0 Å². The summed E-state index contributed by atoms with van der Waals surface area (Å²) in [4.78, 5) is 0. The molecule has 0 bridgehead atoms. The average molecular weight is 467 g/mol. The van der Waals surface area contributed by atoms with E-state index in [0.29, 0.717) is 11.8 Å². The largest absolute Gasteiger partial charge is 0.0959 e. The molecule has 0 radical (unpaired) electrons. The van der Waals surface area contributed by atoms with Crippen molar-refractivity contribution in [2.45, 2.75) is 33.1 Å². The van der Waals surface area contributed by atoms with Crippen LogP contribution >= 0.6 is 0 Å². The summed E-state index contributed by atoms with van der Waals surface area (Å²) in [5, 5.41) is 0. The molecule has 1 aliphatic carbocycles. The number of rotatable bonds is 3. The van der Waals surface area contributed by atoms with E-state index in [-0.39, 0.29) is 25.8 Å². The predicted octanol–water partition coefficient (Wildman–Crippen LogP) is 6.15. The Bertz CT molecular complexity index is 725. The van der Waals surface area contributed by atoms with Gasteiger partial charge in [0.15, 0.2) is 0 Å². The third-order valence-corrected chi connectivity index (χ3v) is 4.90. The molecule has 0 N–H and O–H groups in total. The van der Waals surface area contributed by atoms with Crippen LogP contribution in [0, 0.1) is 5.92 Å². The topological polar surface area (TPSA) is 0 Å². The molecule has 0 saturated heterocycles. The van der Waals surface area contributed by atoms with Crippen LogP contribution in [0.4, 0.5) is 0 Å². The van der Waals surface area contributed by atoms with Gasteiger partial charge in [0, 0.05) is 31.8 Å². The molecule has 1 heteroatoms. The van der Waals surface area contributed by atoms with E-state index < -0.39 is 0 Å². The van der Waals surface area contributed by atoms with E-state index in [4.69, 9.17) is 0 Å². The second-order valence-corrected chi connectivity index (χ2v) is 6.58. The van der Waals surface area contributed by atoms with Crippen LogP contribution in [0.1, 0.15) is 37.8 Å². The summed E-state index contributed by atoms with van der Waals surface area (Å²) < 4.78 is 0. The maximum atomic E-state index is 4.07. The Hall–Kier alpha value is -1.21. The van der Waals surface area contributed by atoms with E-state index in [1.807, 2.05) is 0 Å². The molecule has 23 heavy (non-hydrogen) atoms. The van der Waals surface area contributed by atoms with Crippen LogP contribution in [0.2, 0.25) is 0 Å². The Balaban J connectivity index is 0.00000192. The summed E-state index contributed by atoms with van der Waals surface area (Å²) in [7, 11) is 0. The van der Waals surface area contributed by atoms with Crippen molar-refractivity contribution in [2.75, 3.05) is 0 Å². The first-order valence-electron chi connectivity index (χ1n) is 8.09. The molecule has 2 atom stereocenters.